The Morgan fingerprint density at radius 1 is 1.31 bits per heavy atom. The second kappa shape index (κ2) is 5.46. The fraction of sp³-hybridized carbons (Fsp3) is 0.571. The first-order valence-electron chi connectivity index (χ1n) is 6.43. The molecule has 0 bridgehead atoms. The number of hydrogen-bond donors (Lipinski definition) is 2. The van der Waals surface area contributed by atoms with Crippen molar-refractivity contribution >= 4 is 0 Å². The highest BCUT2D eigenvalue weighted by Crippen LogP contribution is 2.27. The van der Waals surface area contributed by atoms with Gasteiger partial charge in [-0.15, -0.1) is 0 Å². The Bertz CT molecular complexity index is 347. The minimum absolute atomic E-state index is 0.325. The molecule has 0 radical (unpaired) electrons. The summed E-state index contributed by atoms with van der Waals surface area (Å²) >= 11 is 0. The van der Waals surface area contributed by atoms with Gasteiger partial charge in [-0.1, -0.05) is 38.0 Å². The molecule has 88 valence electrons. The van der Waals surface area contributed by atoms with Crippen LogP contribution in [0, 0.1) is 0 Å². The van der Waals surface area contributed by atoms with Crippen LogP contribution in [-0.2, 0) is 12.8 Å². The van der Waals surface area contributed by atoms with E-state index in [0.717, 1.165) is 6.42 Å². The van der Waals surface area contributed by atoms with Gasteiger partial charge in [0.2, 0.25) is 0 Å². The summed E-state index contributed by atoms with van der Waals surface area (Å²) in [6.45, 7) is 2.22. The summed E-state index contributed by atoms with van der Waals surface area (Å²) in [5.74, 6) is 5.64. The third-order valence-corrected chi connectivity index (χ3v) is 3.57. The van der Waals surface area contributed by atoms with Crippen LogP contribution < -0.4 is 11.3 Å². The zero-order valence-electron chi connectivity index (χ0n) is 10.1. The monoisotopic (exact) mass is 218 g/mol. The zero-order valence-corrected chi connectivity index (χ0v) is 10.1. The summed E-state index contributed by atoms with van der Waals surface area (Å²) < 4.78 is 0. The molecule has 3 N–H and O–H groups in total. The van der Waals surface area contributed by atoms with Crippen LogP contribution in [0.4, 0.5) is 0 Å². The quantitative estimate of drug-likeness (QED) is 0.589. The van der Waals surface area contributed by atoms with Gasteiger partial charge in [-0.2, -0.15) is 0 Å². The van der Waals surface area contributed by atoms with Gasteiger partial charge in [0.05, 0.1) is 0 Å². The average Bonchev–Trinajstić information content (AvgIpc) is 2.77. The standard InChI is InChI=1S/C14H22N2/c1-2-3-7-14(16-15)13-9-8-11-5-4-6-12(11)10-13/h8-10,14,16H,2-7,15H2,1H3. The topological polar surface area (TPSA) is 38.0 Å². The van der Waals surface area contributed by atoms with Crippen molar-refractivity contribution in [1.29, 1.82) is 0 Å². The van der Waals surface area contributed by atoms with Crippen LogP contribution in [0.3, 0.4) is 0 Å². The molecule has 16 heavy (non-hydrogen) atoms. The lowest BCUT2D eigenvalue weighted by molar-refractivity contribution is 0.495. The van der Waals surface area contributed by atoms with Gasteiger partial charge in [-0.05, 0) is 42.4 Å². The molecule has 1 aromatic rings. The van der Waals surface area contributed by atoms with E-state index in [9.17, 15) is 0 Å². The molecule has 2 rings (SSSR count). The Kier molecular flexibility index (Phi) is 3.97. The van der Waals surface area contributed by atoms with Gasteiger partial charge >= 0.3 is 0 Å². The van der Waals surface area contributed by atoms with Crippen LogP contribution in [0.1, 0.15) is 55.3 Å². The molecule has 0 aliphatic heterocycles. The minimum atomic E-state index is 0.325. The summed E-state index contributed by atoms with van der Waals surface area (Å²) in [6, 6.07) is 7.20. The summed E-state index contributed by atoms with van der Waals surface area (Å²) in [4.78, 5) is 0. The summed E-state index contributed by atoms with van der Waals surface area (Å²) in [5, 5.41) is 0. The molecule has 1 atom stereocenters. The molecular formula is C14H22N2. The van der Waals surface area contributed by atoms with Gasteiger partial charge in [-0.3, -0.25) is 11.3 Å². The van der Waals surface area contributed by atoms with Crippen molar-refractivity contribution in [3.63, 3.8) is 0 Å². The van der Waals surface area contributed by atoms with E-state index in [4.69, 9.17) is 5.84 Å². The van der Waals surface area contributed by atoms with Crippen molar-refractivity contribution in [3.05, 3.63) is 34.9 Å². The lowest BCUT2D eigenvalue weighted by atomic mass is 9.98. The lowest BCUT2D eigenvalue weighted by Gasteiger charge is -2.17. The number of nitrogens with one attached hydrogen (secondary N) is 1. The Balaban J connectivity index is 2.12. The highest BCUT2D eigenvalue weighted by molar-refractivity contribution is 5.36. The van der Waals surface area contributed by atoms with Crippen molar-refractivity contribution in [2.24, 2.45) is 5.84 Å². The molecule has 1 aliphatic rings. The first-order valence-corrected chi connectivity index (χ1v) is 6.43. The molecule has 2 nitrogen and oxygen atoms in total. The van der Waals surface area contributed by atoms with Crippen LogP contribution in [0.2, 0.25) is 0 Å². The number of fused-ring (bicyclic) bond motifs is 1. The molecule has 0 saturated heterocycles. The number of hydrogen-bond acceptors (Lipinski definition) is 2. The molecular weight excluding hydrogens is 196 g/mol. The highest BCUT2D eigenvalue weighted by atomic mass is 15.2. The Hall–Kier alpha value is -0.860. The molecule has 0 spiro atoms. The SMILES string of the molecule is CCCCC(NN)c1ccc2c(c1)CCC2. The van der Waals surface area contributed by atoms with E-state index in [1.165, 1.54) is 48.8 Å². The molecule has 1 aliphatic carbocycles. The average molecular weight is 218 g/mol. The number of aryl methyl sites for hydroxylation is 2. The number of hydrazine groups is 1. The maximum atomic E-state index is 5.64. The van der Waals surface area contributed by atoms with Gasteiger partial charge in [0.15, 0.2) is 0 Å². The van der Waals surface area contributed by atoms with Crippen LogP contribution in [0.25, 0.3) is 0 Å². The fourth-order valence-electron chi connectivity index (χ4n) is 2.56. The van der Waals surface area contributed by atoms with Gasteiger partial charge in [-0.25, -0.2) is 0 Å². The van der Waals surface area contributed by atoms with E-state index < -0.39 is 0 Å². The predicted octanol–water partition coefficient (Wildman–Crippen LogP) is 2.87. The molecule has 0 heterocycles. The highest BCUT2D eigenvalue weighted by Gasteiger charge is 2.14. The molecule has 1 aromatic carbocycles. The molecule has 2 heteroatoms. The van der Waals surface area contributed by atoms with Crippen molar-refractivity contribution in [2.45, 2.75) is 51.5 Å². The Morgan fingerprint density at radius 3 is 2.88 bits per heavy atom. The van der Waals surface area contributed by atoms with Crippen molar-refractivity contribution in [1.82, 2.24) is 5.43 Å². The van der Waals surface area contributed by atoms with Gasteiger partial charge in [0.25, 0.3) is 0 Å². The van der Waals surface area contributed by atoms with Gasteiger partial charge < -0.3 is 0 Å². The number of rotatable bonds is 5. The van der Waals surface area contributed by atoms with E-state index in [0.29, 0.717) is 6.04 Å². The van der Waals surface area contributed by atoms with Gasteiger partial charge in [0, 0.05) is 6.04 Å². The summed E-state index contributed by atoms with van der Waals surface area (Å²) in [7, 11) is 0. The number of nitrogens with two attached hydrogens (primary N) is 1. The lowest BCUT2D eigenvalue weighted by Crippen LogP contribution is -2.28. The second-order valence-corrected chi connectivity index (χ2v) is 4.74. The van der Waals surface area contributed by atoms with Crippen LogP contribution in [0.5, 0.6) is 0 Å². The minimum Gasteiger partial charge on any atom is -0.271 e. The fourth-order valence-corrected chi connectivity index (χ4v) is 2.56. The van der Waals surface area contributed by atoms with E-state index in [1.807, 2.05) is 0 Å². The molecule has 0 aromatic heterocycles. The summed E-state index contributed by atoms with van der Waals surface area (Å²) in [5.41, 5.74) is 7.38. The Labute approximate surface area is 98.2 Å². The van der Waals surface area contributed by atoms with Crippen molar-refractivity contribution in [3.8, 4) is 0 Å². The van der Waals surface area contributed by atoms with E-state index in [-0.39, 0.29) is 0 Å². The van der Waals surface area contributed by atoms with Crippen molar-refractivity contribution in [2.75, 3.05) is 0 Å². The van der Waals surface area contributed by atoms with Crippen molar-refractivity contribution < 1.29 is 0 Å². The molecule has 1 unspecified atom stereocenters. The van der Waals surface area contributed by atoms with Crippen LogP contribution in [-0.4, -0.2) is 0 Å². The first-order chi connectivity index (χ1) is 7.85. The normalized spacial score (nSPS) is 16.1. The number of unbranched alkanes of at least 4 members (excludes halogenated alkanes) is 1. The largest absolute Gasteiger partial charge is 0.271 e. The third kappa shape index (κ3) is 2.45. The summed E-state index contributed by atoms with van der Waals surface area (Å²) in [6.07, 6.45) is 7.40. The molecule has 0 fully saturated rings. The number of benzene rings is 1. The van der Waals surface area contributed by atoms with Crippen LogP contribution >= 0.6 is 0 Å². The predicted molar refractivity (Wildman–Crippen MR) is 68.1 cm³/mol. The van der Waals surface area contributed by atoms with E-state index in [2.05, 4.69) is 30.5 Å². The molecule has 0 amide bonds. The van der Waals surface area contributed by atoms with Gasteiger partial charge in [0.1, 0.15) is 0 Å². The van der Waals surface area contributed by atoms with E-state index >= 15 is 0 Å². The van der Waals surface area contributed by atoms with E-state index in [1.54, 1.807) is 0 Å². The zero-order chi connectivity index (χ0) is 11.4. The maximum Gasteiger partial charge on any atom is 0.0460 e. The second-order valence-electron chi connectivity index (χ2n) is 4.74. The Morgan fingerprint density at radius 2 is 2.12 bits per heavy atom. The maximum absolute atomic E-state index is 5.64. The third-order valence-electron chi connectivity index (χ3n) is 3.57. The molecule has 0 saturated carbocycles. The first kappa shape index (κ1) is 11.6. The smallest absolute Gasteiger partial charge is 0.0460 e. The van der Waals surface area contributed by atoms with Crippen LogP contribution in [0.15, 0.2) is 18.2 Å².